The summed E-state index contributed by atoms with van der Waals surface area (Å²) in [6.45, 7) is 2.59. The smallest absolute Gasteiger partial charge is 0.270 e. The number of amides is 2. The number of carbonyl (C=O) groups excluding carboxylic acids is 2. The van der Waals surface area contributed by atoms with Crippen molar-refractivity contribution in [2.75, 3.05) is 18.6 Å². The number of anilines is 1. The second-order valence-corrected chi connectivity index (χ2v) is 7.72. The Balaban J connectivity index is 2.00. The summed E-state index contributed by atoms with van der Waals surface area (Å²) < 4.78 is 12.0. The van der Waals surface area contributed by atoms with Crippen LogP contribution in [0.2, 0.25) is 0 Å². The standard InChI is InChI=1S/C21H19IN2O4S/c1-3-9-28-18-16(22)11-13(12-17(18)27-2)10-15-19(25)23-21(29)24(20(15)26)14-7-5-4-6-8-14/h4-8,10-12H,3,9H2,1-2H3,(H,23,25,29)/b15-10-. The van der Waals surface area contributed by atoms with Crippen LogP contribution in [0.4, 0.5) is 5.69 Å². The summed E-state index contributed by atoms with van der Waals surface area (Å²) in [5.41, 5.74) is 1.22. The summed E-state index contributed by atoms with van der Waals surface area (Å²) in [5, 5.41) is 2.64. The van der Waals surface area contributed by atoms with E-state index < -0.39 is 11.8 Å². The molecule has 2 amide bonds. The maximum atomic E-state index is 13.1. The number of nitrogens with one attached hydrogen (secondary N) is 1. The number of nitrogens with zero attached hydrogens (tertiary/aromatic N) is 1. The SMILES string of the molecule is CCCOc1c(I)cc(/C=C2/C(=O)NC(=S)N(c3ccccc3)C2=O)cc1OC. The van der Waals surface area contributed by atoms with Crippen molar-refractivity contribution in [2.45, 2.75) is 13.3 Å². The van der Waals surface area contributed by atoms with Gasteiger partial charge in [0.1, 0.15) is 5.57 Å². The average molecular weight is 522 g/mol. The Labute approximate surface area is 188 Å². The lowest BCUT2D eigenvalue weighted by Crippen LogP contribution is -2.54. The van der Waals surface area contributed by atoms with Crippen molar-refractivity contribution >= 4 is 63.5 Å². The van der Waals surface area contributed by atoms with Crippen LogP contribution in [-0.2, 0) is 9.59 Å². The molecule has 6 nitrogen and oxygen atoms in total. The quantitative estimate of drug-likeness (QED) is 0.270. The third-order valence-electron chi connectivity index (χ3n) is 4.13. The third kappa shape index (κ3) is 4.59. The highest BCUT2D eigenvalue weighted by molar-refractivity contribution is 14.1. The number of carbonyl (C=O) groups is 2. The second-order valence-electron chi connectivity index (χ2n) is 6.18. The van der Waals surface area contributed by atoms with E-state index >= 15 is 0 Å². The van der Waals surface area contributed by atoms with Gasteiger partial charge in [-0.25, -0.2) is 0 Å². The maximum Gasteiger partial charge on any atom is 0.270 e. The first kappa shape index (κ1) is 21.3. The Hall–Kier alpha value is -2.46. The molecule has 0 unspecified atom stereocenters. The molecule has 0 radical (unpaired) electrons. The molecular weight excluding hydrogens is 503 g/mol. The molecule has 0 spiro atoms. The minimum atomic E-state index is -0.535. The zero-order chi connectivity index (χ0) is 21.0. The van der Waals surface area contributed by atoms with Crippen molar-refractivity contribution in [2.24, 2.45) is 0 Å². The number of hydrogen-bond donors (Lipinski definition) is 1. The Morgan fingerprint density at radius 1 is 1.21 bits per heavy atom. The molecule has 1 heterocycles. The molecule has 0 bridgehead atoms. The van der Waals surface area contributed by atoms with Crippen LogP contribution in [0.15, 0.2) is 48.0 Å². The number of methoxy groups -OCH3 is 1. The molecule has 1 aliphatic heterocycles. The van der Waals surface area contributed by atoms with Gasteiger partial charge in [-0.1, -0.05) is 25.1 Å². The molecule has 150 valence electrons. The van der Waals surface area contributed by atoms with Crippen LogP contribution >= 0.6 is 34.8 Å². The van der Waals surface area contributed by atoms with Gasteiger partial charge in [-0.15, -0.1) is 0 Å². The minimum absolute atomic E-state index is 0.0115. The van der Waals surface area contributed by atoms with Gasteiger partial charge in [-0.3, -0.25) is 19.8 Å². The van der Waals surface area contributed by atoms with Gasteiger partial charge in [-0.05, 0) is 77.1 Å². The van der Waals surface area contributed by atoms with Crippen molar-refractivity contribution in [1.29, 1.82) is 0 Å². The van der Waals surface area contributed by atoms with Crippen molar-refractivity contribution in [3.05, 3.63) is 57.2 Å². The van der Waals surface area contributed by atoms with Crippen LogP contribution in [0, 0.1) is 3.57 Å². The highest BCUT2D eigenvalue weighted by Gasteiger charge is 2.34. The summed E-state index contributed by atoms with van der Waals surface area (Å²) in [5.74, 6) is 0.164. The Bertz CT molecular complexity index is 992. The van der Waals surface area contributed by atoms with Crippen LogP contribution in [-0.4, -0.2) is 30.6 Å². The zero-order valence-electron chi connectivity index (χ0n) is 15.9. The highest BCUT2D eigenvalue weighted by Crippen LogP contribution is 2.35. The number of rotatable bonds is 6. The van der Waals surface area contributed by atoms with Gasteiger partial charge in [0.05, 0.1) is 23.0 Å². The molecule has 8 heteroatoms. The predicted molar refractivity (Wildman–Crippen MR) is 124 cm³/mol. The summed E-state index contributed by atoms with van der Waals surface area (Å²) in [6.07, 6.45) is 2.40. The fourth-order valence-corrected chi connectivity index (χ4v) is 3.87. The molecule has 1 saturated heterocycles. The first-order valence-electron chi connectivity index (χ1n) is 8.93. The molecule has 2 aromatic carbocycles. The van der Waals surface area contributed by atoms with Gasteiger partial charge in [0, 0.05) is 0 Å². The average Bonchev–Trinajstić information content (AvgIpc) is 2.70. The maximum absolute atomic E-state index is 13.1. The fraction of sp³-hybridized carbons (Fsp3) is 0.190. The molecule has 3 rings (SSSR count). The number of halogens is 1. The number of thiocarbonyl (C=S) groups is 1. The monoisotopic (exact) mass is 522 g/mol. The Morgan fingerprint density at radius 2 is 1.93 bits per heavy atom. The van der Waals surface area contributed by atoms with Crippen LogP contribution in [0.1, 0.15) is 18.9 Å². The summed E-state index contributed by atoms with van der Waals surface area (Å²) in [4.78, 5) is 26.8. The van der Waals surface area contributed by atoms with E-state index in [1.54, 1.807) is 37.4 Å². The lowest BCUT2D eigenvalue weighted by molar-refractivity contribution is -0.122. The molecular formula is C21H19IN2O4S. The van der Waals surface area contributed by atoms with E-state index in [-0.39, 0.29) is 10.7 Å². The summed E-state index contributed by atoms with van der Waals surface area (Å²) >= 11 is 7.35. The minimum Gasteiger partial charge on any atom is -0.493 e. The van der Waals surface area contributed by atoms with Gasteiger partial charge in [0.15, 0.2) is 16.6 Å². The molecule has 1 N–H and O–H groups in total. The van der Waals surface area contributed by atoms with Crippen molar-refractivity contribution in [1.82, 2.24) is 5.32 Å². The normalized spacial score (nSPS) is 15.5. The lowest BCUT2D eigenvalue weighted by Gasteiger charge is -2.28. The van der Waals surface area contributed by atoms with Gasteiger partial charge in [0.25, 0.3) is 11.8 Å². The third-order valence-corrected chi connectivity index (χ3v) is 5.22. The van der Waals surface area contributed by atoms with E-state index in [1.807, 2.05) is 19.1 Å². The van der Waals surface area contributed by atoms with E-state index in [0.29, 0.717) is 29.4 Å². The molecule has 0 saturated carbocycles. The molecule has 1 fully saturated rings. The number of benzene rings is 2. The number of hydrogen-bond acceptors (Lipinski definition) is 5. The Morgan fingerprint density at radius 3 is 2.59 bits per heavy atom. The number of para-hydroxylation sites is 1. The van der Waals surface area contributed by atoms with E-state index in [2.05, 4.69) is 27.9 Å². The van der Waals surface area contributed by atoms with Crippen LogP contribution in [0.5, 0.6) is 11.5 Å². The lowest BCUT2D eigenvalue weighted by atomic mass is 10.1. The Kier molecular flexibility index (Phi) is 6.86. The molecule has 0 aliphatic carbocycles. The topological polar surface area (TPSA) is 67.9 Å². The molecule has 1 aliphatic rings. The molecule has 2 aromatic rings. The fourth-order valence-electron chi connectivity index (χ4n) is 2.80. The van der Waals surface area contributed by atoms with Crippen LogP contribution in [0.25, 0.3) is 6.08 Å². The summed E-state index contributed by atoms with van der Waals surface area (Å²) in [7, 11) is 1.55. The molecule has 29 heavy (non-hydrogen) atoms. The van der Waals surface area contributed by atoms with Gasteiger partial charge >= 0.3 is 0 Å². The van der Waals surface area contributed by atoms with Gasteiger partial charge in [0.2, 0.25) is 0 Å². The zero-order valence-corrected chi connectivity index (χ0v) is 18.9. The highest BCUT2D eigenvalue weighted by atomic mass is 127. The van der Waals surface area contributed by atoms with Crippen LogP contribution in [0.3, 0.4) is 0 Å². The number of ether oxygens (including phenoxy) is 2. The first-order valence-corrected chi connectivity index (χ1v) is 10.4. The van der Waals surface area contributed by atoms with Crippen LogP contribution < -0.4 is 19.7 Å². The van der Waals surface area contributed by atoms with Crippen molar-refractivity contribution in [3.63, 3.8) is 0 Å². The van der Waals surface area contributed by atoms with Crippen molar-refractivity contribution < 1.29 is 19.1 Å². The first-order chi connectivity index (χ1) is 14.0. The van der Waals surface area contributed by atoms with E-state index in [0.717, 1.165) is 9.99 Å². The van der Waals surface area contributed by atoms with Crippen molar-refractivity contribution in [3.8, 4) is 11.5 Å². The largest absolute Gasteiger partial charge is 0.493 e. The predicted octanol–water partition coefficient (Wildman–Crippen LogP) is 3.92. The van der Waals surface area contributed by atoms with Gasteiger partial charge in [-0.2, -0.15) is 0 Å². The van der Waals surface area contributed by atoms with E-state index in [1.165, 1.54) is 11.0 Å². The summed E-state index contributed by atoms with van der Waals surface area (Å²) in [6, 6.07) is 12.5. The molecule has 0 aromatic heterocycles. The second kappa shape index (κ2) is 9.36. The van der Waals surface area contributed by atoms with E-state index in [4.69, 9.17) is 21.7 Å². The van der Waals surface area contributed by atoms with Gasteiger partial charge < -0.3 is 9.47 Å². The molecule has 0 atom stereocenters. The van der Waals surface area contributed by atoms with E-state index in [9.17, 15) is 9.59 Å².